The molecule has 2 rings (SSSR count). The summed E-state index contributed by atoms with van der Waals surface area (Å²) in [6.45, 7) is 10.0. The number of nitrogens with one attached hydrogen (secondary N) is 1. The lowest BCUT2D eigenvalue weighted by Crippen LogP contribution is -2.36. The van der Waals surface area contributed by atoms with Crippen LogP contribution in [0.25, 0.3) is 0 Å². The average molecular weight is 218 g/mol. The van der Waals surface area contributed by atoms with E-state index >= 15 is 0 Å². The van der Waals surface area contributed by atoms with Gasteiger partial charge in [0.2, 0.25) is 0 Å². The number of fused-ring (bicyclic) bond motifs is 1. The number of rotatable bonds is 2. The molecule has 1 aromatic rings. The third-order valence-corrected chi connectivity index (χ3v) is 3.32. The van der Waals surface area contributed by atoms with Crippen molar-refractivity contribution in [1.29, 1.82) is 0 Å². The minimum atomic E-state index is 0.266. The minimum Gasteiger partial charge on any atom is -0.316 e. The van der Waals surface area contributed by atoms with Gasteiger partial charge in [0.25, 0.3) is 0 Å². The molecule has 2 heteroatoms. The molecular weight excluding hydrogens is 196 g/mol. The largest absolute Gasteiger partial charge is 0.316 e. The molecule has 1 N–H and O–H groups in total. The van der Waals surface area contributed by atoms with E-state index in [-0.39, 0.29) is 5.54 Å². The first-order valence-electron chi connectivity index (χ1n) is 6.01. The molecular formula is C14H22N2. The summed E-state index contributed by atoms with van der Waals surface area (Å²) in [5.41, 5.74) is 4.65. The highest BCUT2D eigenvalue weighted by atomic mass is 15.2. The van der Waals surface area contributed by atoms with E-state index in [9.17, 15) is 0 Å². The molecule has 1 heterocycles. The zero-order valence-corrected chi connectivity index (χ0v) is 10.8. The van der Waals surface area contributed by atoms with E-state index < -0.39 is 0 Å². The lowest BCUT2D eigenvalue weighted by atomic mass is 10.1. The SMILES string of the molecule is CNCc1ccc2c(c1)CN(C(C)(C)C)C2. The Kier molecular flexibility index (Phi) is 3.04. The molecule has 1 aromatic carbocycles. The van der Waals surface area contributed by atoms with E-state index in [1.807, 2.05) is 7.05 Å². The van der Waals surface area contributed by atoms with Gasteiger partial charge in [-0.05, 0) is 44.5 Å². The minimum absolute atomic E-state index is 0.266. The van der Waals surface area contributed by atoms with Gasteiger partial charge >= 0.3 is 0 Å². The quantitative estimate of drug-likeness (QED) is 0.820. The Morgan fingerprint density at radius 2 is 1.88 bits per heavy atom. The smallest absolute Gasteiger partial charge is 0.0245 e. The molecule has 0 atom stereocenters. The fourth-order valence-corrected chi connectivity index (χ4v) is 2.24. The van der Waals surface area contributed by atoms with Gasteiger partial charge in [-0.1, -0.05) is 18.2 Å². The monoisotopic (exact) mass is 218 g/mol. The molecule has 0 bridgehead atoms. The number of hydrogen-bond acceptors (Lipinski definition) is 2. The first-order valence-corrected chi connectivity index (χ1v) is 6.01. The Hall–Kier alpha value is -0.860. The van der Waals surface area contributed by atoms with Crippen molar-refractivity contribution in [1.82, 2.24) is 10.2 Å². The van der Waals surface area contributed by atoms with Gasteiger partial charge in [-0.25, -0.2) is 0 Å². The van der Waals surface area contributed by atoms with E-state index in [2.05, 4.69) is 49.2 Å². The molecule has 0 amide bonds. The highest BCUT2D eigenvalue weighted by molar-refractivity contribution is 5.35. The summed E-state index contributed by atoms with van der Waals surface area (Å²) < 4.78 is 0. The molecule has 2 nitrogen and oxygen atoms in total. The van der Waals surface area contributed by atoms with Gasteiger partial charge < -0.3 is 5.32 Å². The van der Waals surface area contributed by atoms with Gasteiger partial charge in [0.05, 0.1) is 0 Å². The molecule has 0 unspecified atom stereocenters. The number of benzene rings is 1. The van der Waals surface area contributed by atoms with E-state index in [4.69, 9.17) is 0 Å². The van der Waals surface area contributed by atoms with Crippen LogP contribution < -0.4 is 5.32 Å². The molecule has 16 heavy (non-hydrogen) atoms. The number of nitrogens with zero attached hydrogens (tertiary/aromatic N) is 1. The molecule has 0 saturated heterocycles. The zero-order valence-electron chi connectivity index (χ0n) is 10.8. The lowest BCUT2D eigenvalue weighted by molar-refractivity contribution is 0.136. The lowest BCUT2D eigenvalue weighted by Gasteiger charge is -2.31. The second-order valence-electron chi connectivity index (χ2n) is 5.66. The first-order chi connectivity index (χ1) is 7.50. The van der Waals surface area contributed by atoms with E-state index in [1.165, 1.54) is 16.7 Å². The second kappa shape index (κ2) is 4.19. The summed E-state index contributed by atoms with van der Waals surface area (Å²) in [6.07, 6.45) is 0. The Bertz CT molecular complexity index is 377. The van der Waals surface area contributed by atoms with Crippen molar-refractivity contribution in [2.24, 2.45) is 0 Å². The summed E-state index contributed by atoms with van der Waals surface area (Å²) in [4.78, 5) is 2.53. The Labute approximate surface area is 98.7 Å². The fourth-order valence-electron chi connectivity index (χ4n) is 2.24. The van der Waals surface area contributed by atoms with Crippen LogP contribution in [0.15, 0.2) is 18.2 Å². The van der Waals surface area contributed by atoms with Crippen LogP contribution in [0.3, 0.4) is 0 Å². The van der Waals surface area contributed by atoms with E-state index in [1.54, 1.807) is 0 Å². The van der Waals surface area contributed by atoms with Gasteiger partial charge in [0, 0.05) is 25.2 Å². The van der Waals surface area contributed by atoms with Gasteiger partial charge in [-0.2, -0.15) is 0 Å². The van der Waals surface area contributed by atoms with Crippen LogP contribution in [0.1, 0.15) is 37.5 Å². The summed E-state index contributed by atoms with van der Waals surface area (Å²) in [7, 11) is 1.99. The maximum atomic E-state index is 3.20. The van der Waals surface area contributed by atoms with Crippen LogP contribution in [-0.4, -0.2) is 17.5 Å². The maximum Gasteiger partial charge on any atom is 0.0245 e. The van der Waals surface area contributed by atoms with E-state index in [0.717, 1.165) is 19.6 Å². The molecule has 0 aromatic heterocycles. The van der Waals surface area contributed by atoms with Crippen molar-refractivity contribution in [3.8, 4) is 0 Å². The highest BCUT2D eigenvalue weighted by Crippen LogP contribution is 2.29. The van der Waals surface area contributed by atoms with Crippen LogP contribution in [0.2, 0.25) is 0 Å². The summed E-state index contributed by atoms with van der Waals surface area (Å²) in [5.74, 6) is 0. The molecule has 0 fully saturated rings. The zero-order chi connectivity index (χ0) is 11.8. The molecule has 1 aliphatic heterocycles. The van der Waals surface area contributed by atoms with Crippen molar-refractivity contribution in [2.75, 3.05) is 7.05 Å². The van der Waals surface area contributed by atoms with Crippen LogP contribution in [0, 0.1) is 0 Å². The molecule has 0 spiro atoms. The Balaban J connectivity index is 2.18. The second-order valence-corrected chi connectivity index (χ2v) is 5.66. The molecule has 0 aliphatic carbocycles. The van der Waals surface area contributed by atoms with Gasteiger partial charge in [-0.15, -0.1) is 0 Å². The molecule has 88 valence electrons. The normalized spacial score (nSPS) is 16.5. The molecule has 0 saturated carbocycles. The first kappa shape index (κ1) is 11.6. The van der Waals surface area contributed by atoms with Crippen LogP contribution >= 0.6 is 0 Å². The Morgan fingerprint density at radius 1 is 1.19 bits per heavy atom. The predicted molar refractivity (Wildman–Crippen MR) is 68.2 cm³/mol. The van der Waals surface area contributed by atoms with Crippen molar-refractivity contribution in [2.45, 2.75) is 45.9 Å². The summed E-state index contributed by atoms with van der Waals surface area (Å²) in [6, 6.07) is 6.87. The van der Waals surface area contributed by atoms with Gasteiger partial charge in [-0.3, -0.25) is 4.90 Å². The van der Waals surface area contributed by atoms with Gasteiger partial charge in [0.1, 0.15) is 0 Å². The summed E-state index contributed by atoms with van der Waals surface area (Å²) in [5, 5.41) is 3.20. The van der Waals surface area contributed by atoms with E-state index in [0.29, 0.717) is 0 Å². The van der Waals surface area contributed by atoms with Crippen LogP contribution in [0.5, 0.6) is 0 Å². The third-order valence-electron chi connectivity index (χ3n) is 3.32. The molecule has 0 radical (unpaired) electrons. The fraction of sp³-hybridized carbons (Fsp3) is 0.571. The van der Waals surface area contributed by atoms with Gasteiger partial charge in [0.15, 0.2) is 0 Å². The Morgan fingerprint density at radius 3 is 2.50 bits per heavy atom. The topological polar surface area (TPSA) is 15.3 Å². The standard InChI is InChI=1S/C14H22N2/c1-14(2,3)16-9-12-6-5-11(8-15-4)7-13(12)10-16/h5-7,15H,8-10H2,1-4H3. The summed E-state index contributed by atoms with van der Waals surface area (Å²) >= 11 is 0. The third kappa shape index (κ3) is 2.28. The van der Waals surface area contributed by atoms with Crippen LogP contribution in [0.4, 0.5) is 0 Å². The highest BCUT2D eigenvalue weighted by Gasteiger charge is 2.27. The van der Waals surface area contributed by atoms with Crippen molar-refractivity contribution in [3.63, 3.8) is 0 Å². The van der Waals surface area contributed by atoms with Crippen molar-refractivity contribution in [3.05, 3.63) is 34.9 Å². The van der Waals surface area contributed by atoms with Crippen molar-refractivity contribution < 1.29 is 0 Å². The molecule has 1 aliphatic rings. The predicted octanol–water partition coefficient (Wildman–Crippen LogP) is 2.52. The van der Waals surface area contributed by atoms with Crippen molar-refractivity contribution >= 4 is 0 Å². The number of hydrogen-bond donors (Lipinski definition) is 1. The maximum absolute atomic E-state index is 3.20. The average Bonchev–Trinajstić information content (AvgIpc) is 2.60. The van der Waals surface area contributed by atoms with Crippen LogP contribution in [-0.2, 0) is 19.6 Å².